The summed E-state index contributed by atoms with van der Waals surface area (Å²) < 4.78 is 25.0. The average molecular weight is 458 g/mol. The first-order valence-corrected chi connectivity index (χ1v) is 8.97. The summed E-state index contributed by atoms with van der Waals surface area (Å²) in [6, 6.07) is 7.82. The molecule has 3 rings (SSSR count). The molecule has 0 bridgehead atoms. The number of benzene rings is 1. The number of aliphatic imine (C=N–C) groups is 1. The van der Waals surface area contributed by atoms with Crippen molar-refractivity contribution in [2.75, 3.05) is 25.2 Å². The van der Waals surface area contributed by atoms with Crippen LogP contribution in [0, 0.1) is 0 Å². The molecule has 2 aromatic rings. The molecule has 1 aromatic heterocycles. The number of nitrogens with one attached hydrogen (secondary N) is 1. The fraction of sp³-hybridized carbons (Fsp3) is 0.235. The Hall–Kier alpha value is -2.23. The number of carbonyl (C=O) groups excluding carboxylic acids is 1. The number of nitrogens with two attached hydrogens (primary N) is 1. The first kappa shape index (κ1) is 19.5. The number of ether oxygens (including phenoxy) is 2. The van der Waals surface area contributed by atoms with Crippen molar-refractivity contribution in [3.05, 3.63) is 51.6 Å². The molecular formula is C17H15BrClFN4O3. The summed E-state index contributed by atoms with van der Waals surface area (Å²) in [4.78, 5) is 20.3. The van der Waals surface area contributed by atoms with Crippen LogP contribution in [0.25, 0.3) is 0 Å². The Morgan fingerprint density at radius 3 is 2.93 bits per heavy atom. The molecule has 1 aliphatic rings. The van der Waals surface area contributed by atoms with E-state index >= 15 is 0 Å². The van der Waals surface area contributed by atoms with Gasteiger partial charge in [0.25, 0.3) is 0 Å². The molecule has 142 valence electrons. The molecule has 0 spiro atoms. The van der Waals surface area contributed by atoms with Gasteiger partial charge in [0.1, 0.15) is 24.7 Å². The third-order valence-corrected chi connectivity index (χ3v) is 4.44. The van der Waals surface area contributed by atoms with E-state index in [-0.39, 0.29) is 30.0 Å². The lowest BCUT2D eigenvalue weighted by Crippen LogP contribution is -2.41. The maximum Gasteiger partial charge on any atom is 0.418 e. The van der Waals surface area contributed by atoms with Crippen molar-refractivity contribution in [1.82, 2.24) is 4.98 Å². The zero-order valence-electron chi connectivity index (χ0n) is 13.9. The number of rotatable bonds is 4. The number of amides is 1. The fourth-order valence-electron chi connectivity index (χ4n) is 2.55. The Kier molecular flexibility index (Phi) is 5.93. The summed E-state index contributed by atoms with van der Waals surface area (Å²) >= 11 is 9.37. The largest absolute Gasteiger partial charge is 0.418 e. The number of alkyl halides is 1. The van der Waals surface area contributed by atoms with E-state index in [0.29, 0.717) is 11.3 Å². The lowest BCUT2D eigenvalue weighted by atomic mass is 9.91. The highest BCUT2D eigenvalue weighted by Gasteiger charge is 2.36. The van der Waals surface area contributed by atoms with Gasteiger partial charge in [-0.15, -0.1) is 0 Å². The molecule has 3 N–H and O–H groups in total. The maximum absolute atomic E-state index is 13.8. The zero-order chi connectivity index (χ0) is 19.4. The number of halogens is 3. The minimum Gasteiger partial charge on any atom is -0.391 e. The van der Waals surface area contributed by atoms with Crippen LogP contribution in [-0.4, -0.2) is 36.8 Å². The van der Waals surface area contributed by atoms with Gasteiger partial charge in [0.15, 0.2) is 0 Å². The van der Waals surface area contributed by atoms with Crippen molar-refractivity contribution in [3.8, 4) is 5.88 Å². The number of hydrogen-bond donors (Lipinski definition) is 2. The minimum absolute atomic E-state index is 0.0112. The van der Waals surface area contributed by atoms with Crippen LogP contribution in [0.1, 0.15) is 5.56 Å². The van der Waals surface area contributed by atoms with Gasteiger partial charge in [0.05, 0.1) is 6.61 Å². The molecule has 7 nitrogen and oxygen atoms in total. The second-order valence-corrected chi connectivity index (χ2v) is 7.17. The highest BCUT2D eigenvalue weighted by Crippen LogP contribution is 2.33. The summed E-state index contributed by atoms with van der Waals surface area (Å²) in [5.74, 6) is 0.311. The number of aromatic nitrogens is 1. The number of hydrogen-bond acceptors (Lipinski definition) is 6. The number of pyridine rings is 1. The van der Waals surface area contributed by atoms with E-state index in [1.54, 1.807) is 18.2 Å². The molecule has 0 saturated heterocycles. The lowest BCUT2D eigenvalue weighted by molar-refractivity contribution is 0.0828. The summed E-state index contributed by atoms with van der Waals surface area (Å²) in [6.45, 7) is -0.683. The topological polar surface area (TPSA) is 98.8 Å². The molecule has 0 aliphatic carbocycles. The lowest BCUT2D eigenvalue weighted by Gasteiger charge is -2.31. The Bertz CT molecular complexity index is 881. The van der Waals surface area contributed by atoms with E-state index in [4.69, 9.17) is 26.8 Å². The van der Waals surface area contributed by atoms with Crippen LogP contribution in [0.4, 0.5) is 14.9 Å². The van der Waals surface area contributed by atoms with E-state index in [9.17, 15) is 9.18 Å². The standard InChI is InChI=1S/C17H15BrClFN4O3/c18-11-1-2-15(22-6-11)27-16(25)23-13-4-10(3-12(19)5-13)17(8-20)9-26-7-14(21)24-17/h1-6H,7-9H2,(H2,21,24)(H,23,25). The molecule has 10 heteroatoms. The smallest absolute Gasteiger partial charge is 0.391 e. The van der Waals surface area contributed by atoms with Gasteiger partial charge in [0.2, 0.25) is 5.88 Å². The first-order valence-electron chi connectivity index (χ1n) is 7.79. The van der Waals surface area contributed by atoms with Crippen LogP contribution in [-0.2, 0) is 10.3 Å². The number of anilines is 1. The average Bonchev–Trinajstić information content (AvgIpc) is 2.63. The van der Waals surface area contributed by atoms with E-state index in [2.05, 4.69) is 31.2 Å². The van der Waals surface area contributed by atoms with Gasteiger partial charge in [-0.3, -0.25) is 10.3 Å². The first-order chi connectivity index (χ1) is 12.9. The van der Waals surface area contributed by atoms with Crippen molar-refractivity contribution in [2.24, 2.45) is 10.7 Å². The molecule has 1 amide bonds. The van der Waals surface area contributed by atoms with Crippen LogP contribution in [0.2, 0.25) is 5.02 Å². The molecule has 2 heterocycles. The van der Waals surface area contributed by atoms with Crippen molar-refractivity contribution < 1.29 is 18.7 Å². The summed E-state index contributed by atoms with van der Waals surface area (Å²) in [6.07, 6.45) is 0.728. The quantitative estimate of drug-likeness (QED) is 0.730. The monoisotopic (exact) mass is 456 g/mol. The van der Waals surface area contributed by atoms with E-state index in [0.717, 1.165) is 4.47 Å². The second kappa shape index (κ2) is 8.20. The van der Waals surface area contributed by atoms with Gasteiger partial charge in [-0.05, 0) is 45.8 Å². The van der Waals surface area contributed by atoms with E-state index in [1.807, 2.05) is 0 Å². The Balaban J connectivity index is 1.81. The molecule has 1 aliphatic heterocycles. The van der Waals surface area contributed by atoms with E-state index < -0.39 is 18.3 Å². The van der Waals surface area contributed by atoms with Gasteiger partial charge in [-0.25, -0.2) is 14.2 Å². The molecular weight excluding hydrogens is 443 g/mol. The third kappa shape index (κ3) is 4.74. The van der Waals surface area contributed by atoms with Gasteiger partial charge < -0.3 is 15.2 Å². The van der Waals surface area contributed by atoms with Gasteiger partial charge in [-0.1, -0.05) is 11.6 Å². The van der Waals surface area contributed by atoms with Gasteiger partial charge in [0, 0.05) is 27.4 Å². The predicted molar refractivity (Wildman–Crippen MR) is 103 cm³/mol. The zero-order valence-corrected chi connectivity index (χ0v) is 16.3. The Labute approximate surface area is 167 Å². The number of carbonyl (C=O) groups is 1. The highest BCUT2D eigenvalue weighted by atomic mass is 79.9. The van der Waals surface area contributed by atoms with Gasteiger partial charge >= 0.3 is 6.09 Å². The molecule has 1 atom stereocenters. The second-order valence-electron chi connectivity index (χ2n) is 5.82. The number of amidine groups is 1. The van der Waals surface area contributed by atoms with Crippen molar-refractivity contribution >= 4 is 45.1 Å². The van der Waals surface area contributed by atoms with Crippen LogP contribution in [0.5, 0.6) is 5.88 Å². The maximum atomic E-state index is 13.8. The summed E-state index contributed by atoms with van der Waals surface area (Å²) in [5.41, 5.74) is 5.14. The molecule has 0 saturated carbocycles. The van der Waals surface area contributed by atoms with Crippen molar-refractivity contribution in [1.29, 1.82) is 0 Å². The van der Waals surface area contributed by atoms with Crippen LogP contribution in [0.3, 0.4) is 0 Å². The van der Waals surface area contributed by atoms with Gasteiger partial charge in [-0.2, -0.15) is 0 Å². The highest BCUT2D eigenvalue weighted by molar-refractivity contribution is 9.10. The SMILES string of the molecule is NC1=NC(CF)(c2cc(Cl)cc(NC(=O)Oc3ccc(Br)cn3)c2)COC1. The predicted octanol–water partition coefficient (Wildman–Crippen LogP) is 3.66. The van der Waals surface area contributed by atoms with Crippen molar-refractivity contribution in [3.63, 3.8) is 0 Å². The molecule has 1 aromatic carbocycles. The fourth-order valence-corrected chi connectivity index (χ4v) is 3.02. The summed E-state index contributed by atoms with van der Waals surface area (Å²) in [7, 11) is 0. The normalized spacial score (nSPS) is 19.3. The minimum atomic E-state index is -1.30. The van der Waals surface area contributed by atoms with Crippen LogP contribution >= 0.6 is 27.5 Å². The number of nitrogens with zero attached hydrogens (tertiary/aromatic N) is 2. The molecule has 1 unspecified atom stereocenters. The van der Waals surface area contributed by atoms with E-state index in [1.165, 1.54) is 18.3 Å². The molecule has 27 heavy (non-hydrogen) atoms. The third-order valence-electron chi connectivity index (χ3n) is 3.75. The van der Waals surface area contributed by atoms with Crippen LogP contribution in [0.15, 0.2) is 46.0 Å². The molecule has 0 radical (unpaired) electrons. The Morgan fingerprint density at radius 2 is 2.26 bits per heavy atom. The Morgan fingerprint density at radius 1 is 1.44 bits per heavy atom. The summed E-state index contributed by atoms with van der Waals surface area (Å²) in [5, 5.41) is 2.83. The molecule has 0 fully saturated rings. The van der Waals surface area contributed by atoms with Crippen LogP contribution < -0.4 is 15.8 Å². The van der Waals surface area contributed by atoms with Crippen molar-refractivity contribution in [2.45, 2.75) is 5.54 Å².